The molecule has 7 heteroatoms. The van der Waals surface area contributed by atoms with Gasteiger partial charge in [0.2, 0.25) is 0 Å². The second-order valence-corrected chi connectivity index (χ2v) is 8.45. The van der Waals surface area contributed by atoms with Crippen LogP contribution in [0, 0.1) is 0 Å². The summed E-state index contributed by atoms with van der Waals surface area (Å²) in [5.74, 6) is 0.0893. The number of hydrogen-bond donors (Lipinski definition) is 1. The Bertz CT molecular complexity index is 838. The minimum atomic E-state index is -4.44. The van der Waals surface area contributed by atoms with Crippen molar-refractivity contribution in [3.8, 4) is 17.2 Å². The van der Waals surface area contributed by atoms with E-state index in [-0.39, 0.29) is 62.0 Å². The van der Waals surface area contributed by atoms with Crippen LogP contribution in [-0.2, 0) is 16.5 Å². The first kappa shape index (κ1) is 26.6. The molecule has 0 aliphatic carbocycles. The van der Waals surface area contributed by atoms with E-state index in [1.807, 2.05) is 6.07 Å². The quantitative estimate of drug-likeness (QED) is 0.309. The van der Waals surface area contributed by atoms with E-state index in [0.29, 0.717) is 17.7 Å². The summed E-state index contributed by atoms with van der Waals surface area (Å²) in [6.07, 6.45) is 9.65. The molecule has 0 fully saturated rings. The molecule has 0 radical (unpaired) electrons. The molecule has 0 aliphatic heterocycles. The van der Waals surface area contributed by atoms with Crippen LogP contribution in [0.2, 0.25) is 0 Å². The van der Waals surface area contributed by atoms with Crippen LogP contribution < -0.4 is 61.2 Å². The maximum Gasteiger partial charge on any atom is 1.00 e. The smallest absolute Gasteiger partial charge is 0.870 e. The van der Waals surface area contributed by atoms with Crippen LogP contribution in [0.15, 0.2) is 47.4 Å². The normalized spacial score (nSPS) is 11.1. The molecule has 29 heavy (non-hydrogen) atoms. The molecule has 0 amide bonds. The molecule has 0 saturated heterocycles. The molecule has 1 N–H and O–H groups in total. The fourth-order valence-corrected chi connectivity index (χ4v) is 3.69. The summed E-state index contributed by atoms with van der Waals surface area (Å²) in [5, 5.41) is 12.4. The van der Waals surface area contributed by atoms with Crippen LogP contribution in [-0.4, -0.2) is 13.0 Å². The number of aryl methyl sites for hydroxylation is 1. The molecule has 2 rings (SSSR count). The van der Waals surface area contributed by atoms with E-state index in [4.69, 9.17) is 4.74 Å². The van der Waals surface area contributed by atoms with Gasteiger partial charge in [0.1, 0.15) is 11.5 Å². The number of rotatable bonds is 12. The maximum absolute atomic E-state index is 12.4. The minimum absolute atomic E-state index is 0. The standard InChI is InChI=1S/C22H30O5S.K/c1-2-3-4-5-6-7-8-10-13-18-16-20(28(24,25)26)17-21(23)22(18)27-19-14-11-9-12-15-19;/h9,11-12,14-17,23H,2-8,10,13H2,1H3,(H,24,25,26);/q;+1/p-1. The summed E-state index contributed by atoms with van der Waals surface area (Å²) in [6, 6.07) is 11.1. The SMILES string of the molecule is CCCCCCCCCCc1cc(S(=O)(=O)O)cc([O-])c1Oc1ccccc1.[K+]. The molecular formula is C22H29KO5S. The zero-order chi connectivity index (χ0) is 20.4. The Labute approximate surface area is 217 Å². The molecule has 0 bridgehead atoms. The first-order valence-electron chi connectivity index (χ1n) is 9.96. The van der Waals surface area contributed by atoms with Gasteiger partial charge in [0.25, 0.3) is 10.1 Å². The summed E-state index contributed by atoms with van der Waals surface area (Å²) in [7, 11) is -4.44. The van der Waals surface area contributed by atoms with E-state index in [2.05, 4.69) is 6.92 Å². The Balaban J connectivity index is 0.00000420. The van der Waals surface area contributed by atoms with Gasteiger partial charge >= 0.3 is 51.4 Å². The average molecular weight is 445 g/mol. The number of unbranched alkanes of at least 4 members (excludes halogenated alkanes) is 7. The molecule has 5 nitrogen and oxygen atoms in total. The largest absolute Gasteiger partial charge is 1.00 e. The van der Waals surface area contributed by atoms with Gasteiger partial charge in [0.15, 0.2) is 0 Å². The van der Waals surface area contributed by atoms with Gasteiger partial charge in [0.05, 0.1) is 4.90 Å². The fourth-order valence-electron chi connectivity index (χ4n) is 3.14. The third kappa shape index (κ3) is 9.51. The van der Waals surface area contributed by atoms with Gasteiger partial charge in [0, 0.05) is 0 Å². The zero-order valence-corrected chi connectivity index (χ0v) is 21.3. The second kappa shape index (κ2) is 13.8. The van der Waals surface area contributed by atoms with Gasteiger partial charge in [-0.15, -0.1) is 0 Å². The predicted octanol–water partition coefficient (Wildman–Crippen LogP) is 2.49. The van der Waals surface area contributed by atoms with Crippen LogP contribution in [0.3, 0.4) is 0 Å². The number of ether oxygens (including phenoxy) is 1. The summed E-state index contributed by atoms with van der Waals surface area (Å²) in [4.78, 5) is -0.382. The number of hydrogen-bond acceptors (Lipinski definition) is 4. The van der Waals surface area contributed by atoms with Crippen molar-refractivity contribution < 1.29 is 74.2 Å². The van der Waals surface area contributed by atoms with Crippen molar-refractivity contribution in [2.24, 2.45) is 0 Å². The Hall–Kier alpha value is -0.414. The van der Waals surface area contributed by atoms with Crippen molar-refractivity contribution >= 4 is 10.1 Å². The molecule has 0 spiro atoms. The summed E-state index contributed by atoms with van der Waals surface area (Å²) in [6.45, 7) is 2.19. The minimum Gasteiger partial charge on any atom is -0.870 e. The molecule has 0 aliphatic rings. The third-order valence-corrected chi connectivity index (χ3v) is 5.50. The van der Waals surface area contributed by atoms with Gasteiger partial charge in [-0.05, 0) is 42.7 Å². The Kier molecular flexibility index (Phi) is 12.7. The molecule has 0 unspecified atom stereocenters. The van der Waals surface area contributed by atoms with E-state index in [9.17, 15) is 18.1 Å². The zero-order valence-electron chi connectivity index (χ0n) is 17.4. The van der Waals surface area contributed by atoms with E-state index in [1.165, 1.54) is 38.2 Å². The Morgan fingerprint density at radius 2 is 1.52 bits per heavy atom. The topological polar surface area (TPSA) is 86.7 Å². The molecule has 0 saturated carbocycles. The third-order valence-electron chi connectivity index (χ3n) is 4.67. The van der Waals surface area contributed by atoms with Gasteiger partial charge in [-0.2, -0.15) is 8.42 Å². The van der Waals surface area contributed by atoms with E-state index < -0.39 is 15.9 Å². The van der Waals surface area contributed by atoms with Crippen molar-refractivity contribution in [3.63, 3.8) is 0 Å². The molecule has 154 valence electrons. The first-order chi connectivity index (χ1) is 13.4. The van der Waals surface area contributed by atoms with Crippen molar-refractivity contribution in [2.45, 2.75) is 69.6 Å². The van der Waals surface area contributed by atoms with E-state index >= 15 is 0 Å². The second-order valence-electron chi connectivity index (χ2n) is 7.02. The first-order valence-corrected chi connectivity index (χ1v) is 11.4. The summed E-state index contributed by atoms with van der Waals surface area (Å²) >= 11 is 0. The van der Waals surface area contributed by atoms with Crippen LogP contribution in [0.5, 0.6) is 17.2 Å². The molecular weight excluding hydrogens is 415 g/mol. The molecule has 0 atom stereocenters. The van der Waals surface area contributed by atoms with E-state index in [0.717, 1.165) is 25.3 Å². The molecule has 2 aromatic rings. The van der Waals surface area contributed by atoms with Crippen molar-refractivity contribution in [2.75, 3.05) is 0 Å². The van der Waals surface area contributed by atoms with Crippen LogP contribution in [0.4, 0.5) is 0 Å². The number of para-hydroxylation sites is 1. The molecule has 2 aromatic carbocycles. The van der Waals surface area contributed by atoms with E-state index in [1.54, 1.807) is 24.3 Å². The van der Waals surface area contributed by atoms with Gasteiger partial charge in [-0.25, -0.2) is 0 Å². The Morgan fingerprint density at radius 1 is 0.931 bits per heavy atom. The van der Waals surface area contributed by atoms with Gasteiger partial charge < -0.3 is 9.84 Å². The van der Waals surface area contributed by atoms with Crippen molar-refractivity contribution in [1.29, 1.82) is 0 Å². The number of benzene rings is 2. The average Bonchev–Trinajstić information content (AvgIpc) is 2.66. The van der Waals surface area contributed by atoms with Crippen LogP contribution >= 0.6 is 0 Å². The van der Waals surface area contributed by atoms with Crippen LogP contribution in [0.1, 0.15) is 63.9 Å². The molecule has 0 aromatic heterocycles. The Morgan fingerprint density at radius 3 is 2.10 bits per heavy atom. The van der Waals surface area contributed by atoms with Gasteiger partial charge in [-0.3, -0.25) is 4.55 Å². The summed E-state index contributed by atoms with van der Waals surface area (Å²) in [5.41, 5.74) is 0.509. The molecule has 0 heterocycles. The van der Waals surface area contributed by atoms with Gasteiger partial charge in [-0.1, -0.05) is 75.8 Å². The van der Waals surface area contributed by atoms with Crippen molar-refractivity contribution in [1.82, 2.24) is 0 Å². The summed E-state index contributed by atoms with van der Waals surface area (Å²) < 4.78 is 38.0. The maximum atomic E-state index is 12.4. The van der Waals surface area contributed by atoms with Crippen LogP contribution in [0.25, 0.3) is 0 Å². The fraction of sp³-hybridized carbons (Fsp3) is 0.455. The monoisotopic (exact) mass is 444 g/mol. The van der Waals surface area contributed by atoms with Crippen molar-refractivity contribution in [3.05, 3.63) is 48.0 Å². The predicted molar refractivity (Wildman–Crippen MR) is 109 cm³/mol.